The van der Waals surface area contributed by atoms with Crippen molar-refractivity contribution >= 4 is 11.8 Å². The Hall–Kier alpha value is -2.80. The van der Waals surface area contributed by atoms with Gasteiger partial charge in [0, 0.05) is 25.2 Å². The number of aromatic nitrogens is 2. The summed E-state index contributed by atoms with van der Waals surface area (Å²) >= 11 is 0. The highest BCUT2D eigenvalue weighted by Crippen LogP contribution is 2.14. The van der Waals surface area contributed by atoms with Crippen molar-refractivity contribution in [1.29, 1.82) is 0 Å². The lowest BCUT2D eigenvalue weighted by molar-refractivity contribution is -0.128. The third kappa shape index (κ3) is 4.10. The molecule has 1 unspecified atom stereocenters. The number of hydrazine groups is 1. The van der Waals surface area contributed by atoms with Crippen LogP contribution < -0.4 is 16.6 Å². The van der Waals surface area contributed by atoms with Crippen LogP contribution in [0.1, 0.15) is 12.6 Å². The molecule has 2 heterocycles. The highest BCUT2D eigenvalue weighted by atomic mass is 16.2. The Balaban J connectivity index is 2.21. The molecule has 0 spiro atoms. The van der Waals surface area contributed by atoms with Crippen molar-refractivity contribution in [3.8, 4) is 11.4 Å². The molecule has 114 valence electrons. The van der Waals surface area contributed by atoms with Gasteiger partial charge in [0.1, 0.15) is 6.04 Å². The first-order valence-electron chi connectivity index (χ1n) is 6.75. The van der Waals surface area contributed by atoms with E-state index in [4.69, 9.17) is 5.84 Å². The van der Waals surface area contributed by atoms with Gasteiger partial charge in [-0.15, -0.1) is 0 Å². The first kappa shape index (κ1) is 15.6. The van der Waals surface area contributed by atoms with Gasteiger partial charge in [0.2, 0.25) is 5.91 Å². The van der Waals surface area contributed by atoms with Crippen LogP contribution in [0.3, 0.4) is 0 Å². The van der Waals surface area contributed by atoms with Crippen LogP contribution in [0.15, 0.2) is 42.6 Å². The lowest BCUT2D eigenvalue weighted by Gasteiger charge is -2.16. The summed E-state index contributed by atoms with van der Waals surface area (Å²) in [5, 5.41) is 2.55. The van der Waals surface area contributed by atoms with Crippen LogP contribution in [0.4, 0.5) is 0 Å². The maximum atomic E-state index is 11.7. The predicted molar refractivity (Wildman–Crippen MR) is 81.1 cm³/mol. The summed E-state index contributed by atoms with van der Waals surface area (Å²) in [6.07, 6.45) is 1.93. The molecule has 0 aromatic carbocycles. The zero-order valence-corrected chi connectivity index (χ0v) is 12.1. The number of carbonyl (C=O) groups is 2. The number of nitrogens with zero attached hydrogens (tertiary/aromatic N) is 2. The number of hydrogen-bond donors (Lipinski definition) is 3. The van der Waals surface area contributed by atoms with Crippen molar-refractivity contribution in [2.75, 3.05) is 0 Å². The van der Waals surface area contributed by atoms with Crippen molar-refractivity contribution in [3.05, 3.63) is 48.3 Å². The van der Waals surface area contributed by atoms with Gasteiger partial charge in [0.05, 0.1) is 11.4 Å². The zero-order valence-electron chi connectivity index (χ0n) is 12.1. The van der Waals surface area contributed by atoms with Crippen LogP contribution in [0, 0.1) is 0 Å². The second-order valence-electron chi connectivity index (χ2n) is 4.69. The first-order valence-corrected chi connectivity index (χ1v) is 6.75. The Morgan fingerprint density at radius 2 is 1.95 bits per heavy atom. The molecule has 0 bridgehead atoms. The molecule has 2 aromatic rings. The van der Waals surface area contributed by atoms with Crippen molar-refractivity contribution in [2.45, 2.75) is 19.4 Å². The second-order valence-corrected chi connectivity index (χ2v) is 4.69. The number of carbonyl (C=O) groups excluding carboxylic acids is 2. The van der Waals surface area contributed by atoms with E-state index < -0.39 is 11.9 Å². The van der Waals surface area contributed by atoms with E-state index in [-0.39, 0.29) is 12.3 Å². The second kappa shape index (κ2) is 7.28. The lowest BCUT2D eigenvalue weighted by Crippen LogP contribution is -2.49. The summed E-state index contributed by atoms with van der Waals surface area (Å²) < 4.78 is 0. The summed E-state index contributed by atoms with van der Waals surface area (Å²) in [5.41, 5.74) is 4.14. The number of rotatable bonds is 5. The molecule has 2 amide bonds. The van der Waals surface area contributed by atoms with E-state index in [1.54, 1.807) is 12.3 Å². The van der Waals surface area contributed by atoms with Crippen molar-refractivity contribution < 1.29 is 9.59 Å². The molecular formula is C15H17N5O2. The summed E-state index contributed by atoms with van der Waals surface area (Å²) in [6.45, 7) is 1.34. The molecule has 7 nitrogen and oxygen atoms in total. The number of hydrogen-bond acceptors (Lipinski definition) is 5. The van der Waals surface area contributed by atoms with Crippen molar-refractivity contribution in [1.82, 2.24) is 20.7 Å². The maximum absolute atomic E-state index is 11.7. The Kier molecular flexibility index (Phi) is 5.16. The minimum atomic E-state index is -0.769. The SMILES string of the molecule is CC(=O)NC(Cc1cccc(-c2ccccn2)n1)C(=O)NN. The van der Waals surface area contributed by atoms with Crippen molar-refractivity contribution in [2.24, 2.45) is 5.84 Å². The molecule has 7 heteroatoms. The van der Waals surface area contributed by atoms with Gasteiger partial charge in [-0.05, 0) is 24.3 Å². The standard InChI is InChI=1S/C15H17N5O2/c1-10(21)18-14(15(22)20-16)9-11-5-4-7-13(19-11)12-6-2-3-8-17-12/h2-8,14H,9,16H2,1H3,(H,18,21)(H,20,22). The van der Waals surface area contributed by atoms with Gasteiger partial charge in [-0.1, -0.05) is 12.1 Å². The largest absolute Gasteiger partial charge is 0.344 e. The average molecular weight is 299 g/mol. The van der Waals surface area contributed by atoms with Crippen LogP contribution in [-0.4, -0.2) is 27.8 Å². The third-order valence-corrected chi connectivity index (χ3v) is 2.98. The third-order valence-electron chi connectivity index (χ3n) is 2.98. The summed E-state index contributed by atoms with van der Waals surface area (Å²) in [6, 6.07) is 10.2. The Bertz CT molecular complexity index is 660. The Morgan fingerprint density at radius 1 is 1.18 bits per heavy atom. The molecule has 0 aliphatic heterocycles. The smallest absolute Gasteiger partial charge is 0.256 e. The zero-order chi connectivity index (χ0) is 15.9. The molecule has 0 aliphatic rings. The van der Waals surface area contributed by atoms with Gasteiger partial charge >= 0.3 is 0 Å². The number of nitrogens with two attached hydrogens (primary N) is 1. The fourth-order valence-electron chi connectivity index (χ4n) is 2.01. The number of nitrogens with one attached hydrogen (secondary N) is 2. The molecule has 0 fully saturated rings. The summed E-state index contributed by atoms with van der Waals surface area (Å²) in [4.78, 5) is 31.6. The maximum Gasteiger partial charge on any atom is 0.256 e. The molecule has 1 atom stereocenters. The van der Waals surface area contributed by atoms with Crippen LogP contribution >= 0.6 is 0 Å². The highest BCUT2D eigenvalue weighted by molar-refractivity contribution is 5.86. The molecule has 2 rings (SSSR count). The van der Waals surface area contributed by atoms with E-state index in [9.17, 15) is 9.59 Å². The van der Waals surface area contributed by atoms with E-state index in [1.165, 1.54) is 6.92 Å². The summed E-state index contributed by atoms with van der Waals surface area (Å²) in [5.74, 6) is 4.36. The van der Waals surface area contributed by atoms with Crippen molar-refractivity contribution in [3.63, 3.8) is 0 Å². The van der Waals surface area contributed by atoms with E-state index in [0.29, 0.717) is 11.4 Å². The lowest BCUT2D eigenvalue weighted by atomic mass is 10.1. The van der Waals surface area contributed by atoms with Crippen LogP contribution in [0.5, 0.6) is 0 Å². The number of amides is 2. The predicted octanol–water partition coefficient (Wildman–Crippen LogP) is 0.181. The monoisotopic (exact) mass is 299 g/mol. The topological polar surface area (TPSA) is 110 Å². The van der Waals surface area contributed by atoms with Crippen LogP contribution in [-0.2, 0) is 16.0 Å². The van der Waals surface area contributed by atoms with E-state index in [2.05, 4.69) is 15.3 Å². The van der Waals surface area contributed by atoms with E-state index in [1.807, 2.05) is 35.8 Å². The fraction of sp³-hybridized carbons (Fsp3) is 0.200. The average Bonchev–Trinajstić information content (AvgIpc) is 2.54. The number of pyridine rings is 2. The molecule has 22 heavy (non-hydrogen) atoms. The van der Waals surface area contributed by atoms with Gasteiger partial charge < -0.3 is 5.32 Å². The summed E-state index contributed by atoms with van der Waals surface area (Å²) in [7, 11) is 0. The van der Waals surface area contributed by atoms with Crippen LogP contribution in [0.2, 0.25) is 0 Å². The first-order chi connectivity index (χ1) is 10.6. The minimum absolute atomic E-state index is 0.239. The molecule has 0 radical (unpaired) electrons. The normalized spacial score (nSPS) is 11.5. The molecule has 4 N–H and O–H groups in total. The Labute approximate surface area is 127 Å². The Morgan fingerprint density at radius 3 is 2.59 bits per heavy atom. The van der Waals surface area contributed by atoms with Gasteiger partial charge in [0.25, 0.3) is 5.91 Å². The van der Waals surface area contributed by atoms with E-state index in [0.717, 1.165) is 5.69 Å². The van der Waals surface area contributed by atoms with Gasteiger partial charge in [-0.3, -0.25) is 25.0 Å². The minimum Gasteiger partial charge on any atom is -0.344 e. The van der Waals surface area contributed by atoms with Gasteiger partial charge in [-0.25, -0.2) is 5.84 Å². The molecule has 0 aliphatic carbocycles. The molecule has 2 aromatic heterocycles. The molecule has 0 saturated heterocycles. The van der Waals surface area contributed by atoms with Gasteiger partial charge in [-0.2, -0.15) is 0 Å². The highest BCUT2D eigenvalue weighted by Gasteiger charge is 2.19. The molecule has 0 saturated carbocycles. The van der Waals surface area contributed by atoms with Gasteiger partial charge in [0.15, 0.2) is 0 Å². The molecular weight excluding hydrogens is 282 g/mol. The van der Waals surface area contributed by atoms with E-state index >= 15 is 0 Å². The fourth-order valence-corrected chi connectivity index (χ4v) is 2.01. The van der Waals surface area contributed by atoms with Crippen LogP contribution in [0.25, 0.3) is 11.4 Å². The quantitative estimate of drug-likeness (QED) is 0.414.